The van der Waals surface area contributed by atoms with Crippen LogP contribution < -0.4 is 11.3 Å². The molecule has 27 heavy (non-hydrogen) atoms. The van der Waals surface area contributed by atoms with Gasteiger partial charge in [-0.3, -0.25) is 4.79 Å². The minimum Gasteiger partial charge on any atom is -0.458 e. The number of cyclic esters (lactones) is 1. The van der Waals surface area contributed by atoms with Crippen LogP contribution in [0, 0.1) is 0 Å². The summed E-state index contributed by atoms with van der Waals surface area (Å²) in [5.41, 5.74) is 8.15. The van der Waals surface area contributed by atoms with Gasteiger partial charge in [0.25, 0.3) is 5.56 Å². The summed E-state index contributed by atoms with van der Waals surface area (Å²) in [7, 11) is 0. The van der Waals surface area contributed by atoms with Crippen LogP contribution in [-0.2, 0) is 28.3 Å². The first kappa shape index (κ1) is 16.0. The molecule has 3 N–H and O–H groups in total. The van der Waals surface area contributed by atoms with Crippen LogP contribution in [0.3, 0.4) is 0 Å². The Bertz CT molecular complexity index is 1210. The Morgan fingerprint density at radius 1 is 1.30 bits per heavy atom. The van der Waals surface area contributed by atoms with E-state index in [1.807, 2.05) is 24.3 Å². The standard InChI is InChI=1S/C20H17N3O4/c1-2-20(26)13-7-15-17-11(16(21)10-5-3-4-6-14(10)22-17)8-23(15)18(24)12(13)9-27-19(20)25/h3-7,26H,2,8-9H2,1H3,(H2,21,22). The minimum absolute atomic E-state index is 0.113. The molecule has 1 atom stereocenters. The monoisotopic (exact) mass is 363 g/mol. The van der Waals surface area contributed by atoms with Crippen LogP contribution in [0.1, 0.15) is 30.0 Å². The second-order valence-corrected chi connectivity index (χ2v) is 6.97. The van der Waals surface area contributed by atoms with Gasteiger partial charge in [0.2, 0.25) is 0 Å². The van der Waals surface area contributed by atoms with Crippen LogP contribution in [0.5, 0.6) is 0 Å². The molecular weight excluding hydrogens is 346 g/mol. The first-order valence-corrected chi connectivity index (χ1v) is 8.80. The van der Waals surface area contributed by atoms with Crippen molar-refractivity contribution in [3.63, 3.8) is 0 Å². The average Bonchev–Trinajstić information content (AvgIpc) is 3.05. The fourth-order valence-corrected chi connectivity index (χ4v) is 4.06. The third-order valence-corrected chi connectivity index (χ3v) is 5.64. The highest BCUT2D eigenvalue weighted by Crippen LogP contribution is 2.40. The van der Waals surface area contributed by atoms with E-state index in [0.717, 1.165) is 16.5 Å². The van der Waals surface area contributed by atoms with Gasteiger partial charge in [0.15, 0.2) is 5.60 Å². The first-order chi connectivity index (χ1) is 13.0. The van der Waals surface area contributed by atoms with Crippen molar-refractivity contribution in [2.75, 3.05) is 5.73 Å². The van der Waals surface area contributed by atoms with E-state index in [0.29, 0.717) is 34.7 Å². The molecular formula is C20H17N3O4. The Morgan fingerprint density at radius 3 is 2.85 bits per heavy atom. The highest BCUT2D eigenvalue weighted by Gasteiger charge is 2.45. The lowest BCUT2D eigenvalue weighted by Crippen LogP contribution is -2.44. The molecule has 2 aromatic heterocycles. The van der Waals surface area contributed by atoms with Crippen molar-refractivity contribution in [3.8, 4) is 11.4 Å². The summed E-state index contributed by atoms with van der Waals surface area (Å²) in [4.78, 5) is 30.0. The first-order valence-electron chi connectivity index (χ1n) is 8.80. The quantitative estimate of drug-likeness (QED) is 0.498. The number of benzene rings is 1. The summed E-state index contributed by atoms with van der Waals surface area (Å²) < 4.78 is 6.66. The van der Waals surface area contributed by atoms with Gasteiger partial charge in [-0.05, 0) is 18.6 Å². The third kappa shape index (κ3) is 1.92. The number of aliphatic hydroxyl groups is 1. The number of hydrogen-bond acceptors (Lipinski definition) is 6. The summed E-state index contributed by atoms with van der Waals surface area (Å²) in [6.07, 6.45) is 0.113. The molecule has 0 radical (unpaired) electrons. The summed E-state index contributed by atoms with van der Waals surface area (Å²) in [6, 6.07) is 9.22. The van der Waals surface area contributed by atoms with Gasteiger partial charge in [0, 0.05) is 22.2 Å². The fraction of sp³-hybridized carbons (Fsp3) is 0.250. The van der Waals surface area contributed by atoms with Crippen molar-refractivity contribution in [2.45, 2.75) is 32.1 Å². The van der Waals surface area contributed by atoms with Gasteiger partial charge in [-0.25, -0.2) is 9.78 Å². The summed E-state index contributed by atoms with van der Waals surface area (Å²) >= 11 is 0. The van der Waals surface area contributed by atoms with Crippen LogP contribution >= 0.6 is 0 Å². The number of anilines is 1. The molecule has 0 aliphatic carbocycles. The molecule has 0 amide bonds. The van der Waals surface area contributed by atoms with Crippen molar-refractivity contribution in [1.29, 1.82) is 0 Å². The molecule has 3 aromatic rings. The lowest BCUT2D eigenvalue weighted by Gasteiger charge is -2.31. The second kappa shape index (κ2) is 5.17. The number of ether oxygens (including phenoxy) is 1. The van der Waals surface area contributed by atoms with Crippen molar-refractivity contribution in [2.24, 2.45) is 0 Å². The Balaban J connectivity index is 1.84. The minimum atomic E-state index is -1.83. The van der Waals surface area contributed by atoms with Gasteiger partial charge in [0.05, 0.1) is 29.0 Å². The number of carbonyl (C=O) groups excluding carboxylic acids is 1. The maximum absolute atomic E-state index is 13.1. The van der Waals surface area contributed by atoms with Crippen LogP contribution in [-0.4, -0.2) is 20.6 Å². The summed E-state index contributed by atoms with van der Waals surface area (Å²) in [6.45, 7) is 1.84. The molecule has 0 bridgehead atoms. The van der Waals surface area contributed by atoms with Crippen molar-refractivity contribution in [3.05, 3.63) is 57.4 Å². The van der Waals surface area contributed by atoms with Crippen LogP contribution in [0.25, 0.3) is 22.3 Å². The number of nitrogens with two attached hydrogens (primary N) is 1. The topological polar surface area (TPSA) is 107 Å². The Morgan fingerprint density at radius 2 is 2.07 bits per heavy atom. The largest absolute Gasteiger partial charge is 0.458 e. The fourth-order valence-electron chi connectivity index (χ4n) is 4.06. The lowest BCUT2D eigenvalue weighted by atomic mass is 9.86. The maximum Gasteiger partial charge on any atom is 0.343 e. The Labute approximate surface area is 154 Å². The SMILES string of the molecule is CCC1(O)C(=O)OCc2c1cc1n(c2=O)Cc2c-1nc1ccccc1c2N. The van der Waals surface area contributed by atoms with E-state index in [2.05, 4.69) is 0 Å². The highest BCUT2D eigenvalue weighted by molar-refractivity contribution is 5.96. The van der Waals surface area contributed by atoms with E-state index >= 15 is 0 Å². The number of pyridine rings is 2. The zero-order valence-electron chi connectivity index (χ0n) is 14.7. The molecule has 136 valence electrons. The summed E-state index contributed by atoms with van der Waals surface area (Å²) in [5, 5.41) is 11.7. The van der Waals surface area contributed by atoms with E-state index in [-0.39, 0.29) is 18.6 Å². The molecule has 7 nitrogen and oxygen atoms in total. The number of carbonyl (C=O) groups is 1. The molecule has 0 spiro atoms. The molecule has 1 unspecified atom stereocenters. The third-order valence-electron chi connectivity index (χ3n) is 5.64. The van der Waals surface area contributed by atoms with Gasteiger partial charge in [0.1, 0.15) is 6.61 Å². The molecule has 5 rings (SSSR count). The van der Waals surface area contributed by atoms with E-state index in [4.69, 9.17) is 15.5 Å². The van der Waals surface area contributed by atoms with Crippen LogP contribution in [0.2, 0.25) is 0 Å². The predicted molar refractivity (Wildman–Crippen MR) is 98.9 cm³/mol. The van der Waals surface area contributed by atoms with Gasteiger partial charge in [-0.2, -0.15) is 0 Å². The number of esters is 1. The molecule has 2 aliphatic rings. The normalized spacial score (nSPS) is 20.1. The molecule has 0 fully saturated rings. The van der Waals surface area contributed by atoms with Crippen molar-refractivity contribution >= 4 is 22.6 Å². The van der Waals surface area contributed by atoms with Crippen molar-refractivity contribution in [1.82, 2.24) is 9.55 Å². The van der Waals surface area contributed by atoms with E-state index in [1.54, 1.807) is 17.6 Å². The number of nitrogen functional groups attached to an aromatic ring is 1. The number of hydrogen-bond donors (Lipinski definition) is 2. The zero-order valence-corrected chi connectivity index (χ0v) is 14.7. The summed E-state index contributed by atoms with van der Waals surface area (Å²) in [5.74, 6) is -0.731. The Hall–Kier alpha value is -3.19. The van der Waals surface area contributed by atoms with Gasteiger partial charge < -0.3 is 20.1 Å². The lowest BCUT2D eigenvalue weighted by molar-refractivity contribution is -0.172. The number of nitrogens with zero attached hydrogens (tertiary/aromatic N) is 2. The van der Waals surface area contributed by atoms with Gasteiger partial charge in [-0.1, -0.05) is 25.1 Å². The molecule has 4 heterocycles. The van der Waals surface area contributed by atoms with E-state index in [1.165, 1.54) is 0 Å². The van der Waals surface area contributed by atoms with Gasteiger partial charge >= 0.3 is 5.97 Å². The van der Waals surface area contributed by atoms with Gasteiger partial charge in [-0.15, -0.1) is 0 Å². The zero-order chi connectivity index (χ0) is 18.9. The predicted octanol–water partition coefficient (Wildman–Crippen LogP) is 1.66. The average molecular weight is 363 g/mol. The molecule has 0 saturated heterocycles. The van der Waals surface area contributed by atoms with Crippen molar-refractivity contribution < 1.29 is 14.6 Å². The smallest absolute Gasteiger partial charge is 0.343 e. The molecule has 0 saturated carbocycles. The maximum atomic E-state index is 13.1. The van der Waals surface area contributed by atoms with Crippen LogP contribution in [0.4, 0.5) is 5.69 Å². The highest BCUT2D eigenvalue weighted by atomic mass is 16.6. The van der Waals surface area contributed by atoms with Crippen LogP contribution in [0.15, 0.2) is 35.1 Å². The molecule has 1 aromatic carbocycles. The number of para-hydroxylation sites is 1. The number of aromatic nitrogens is 2. The number of fused-ring (bicyclic) bond motifs is 5. The number of rotatable bonds is 1. The van der Waals surface area contributed by atoms with E-state index in [9.17, 15) is 14.7 Å². The second-order valence-electron chi connectivity index (χ2n) is 6.97. The Kier molecular flexibility index (Phi) is 3.07. The van der Waals surface area contributed by atoms with E-state index < -0.39 is 11.6 Å². The molecule has 7 heteroatoms. The molecule has 2 aliphatic heterocycles.